The summed E-state index contributed by atoms with van der Waals surface area (Å²) in [6, 6.07) is 2.17. The van der Waals surface area contributed by atoms with Gasteiger partial charge in [0.2, 0.25) is 0 Å². The molecule has 0 aliphatic carbocycles. The molecular formula is C11H5Cl2F4N. The summed E-state index contributed by atoms with van der Waals surface area (Å²) in [5.74, 6) is -0.901. The molecule has 0 amide bonds. The number of aromatic nitrogens is 1. The molecule has 0 unspecified atom stereocenters. The highest BCUT2D eigenvalue weighted by atomic mass is 35.5. The molecule has 18 heavy (non-hydrogen) atoms. The Morgan fingerprint density at radius 3 is 2.33 bits per heavy atom. The van der Waals surface area contributed by atoms with Gasteiger partial charge in [0.15, 0.2) is 0 Å². The molecule has 0 radical (unpaired) electrons. The average Bonchev–Trinajstić information content (AvgIpc) is 2.26. The number of hydrogen-bond donors (Lipinski definition) is 0. The largest absolute Gasteiger partial charge is 0.433 e. The van der Waals surface area contributed by atoms with Crippen molar-refractivity contribution in [1.82, 2.24) is 4.98 Å². The number of fused-ring (bicyclic) bond motifs is 1. The molecule has 7 heteroatoms. The molecule has 0 aliphatic rings. The van der Waals surface area contributed by atoms with Crippen LogP contribution in [0.15, 0.2) is 12.1 Å². The van der Waals surface area contributed by atoms with Crippen molar-refractivity contribution in [3.05, 3.63) is 39.3 Å². The van der Waals surface area contributed by atoms with Gasteiger partial charge in [-0.15, -0.1) is 0 Å². The van der Waals surface area contributed by atoms with Gasteiger partial charge in [-0.2, -0.15) is 13.2 Å². The number of halogens is 6. The van der Waals surface area contributed by atoms with E-state index < -0.39 is 23.2 Å². The molecule has 0 fully saturated rings. The molecule has 1 aromatic carbocycles. The third kappa shape index (κ3) is 2.01. The highest BCUT2D eigenvalue weighted by Gasteiger charge is 2.36. The standard InChI is InChI=1S/C11H5Cl2F4N/c1-4-8(13)7-5(12)2-3-6(14)9(7)18-10(4)11(15,16)17/h2-3H,1H3. The quantitative estimate of drug-likeness (QED) is 0.623. The molecule has 1 heterocycles. The number of rotatable bonds is 0. The minimum Gasteiger partial charge on any atom is -0.240 e. The fraction of sp³-hybridized carbons (Fsp3) is 0.182. The maximum atomic E-state index is 13.5. The topological polar surface area (TPSA) is 12.9 Å². The third-order valence-corrected chi connectivity index (χ3v) is 3.26. The monoisotopic (exact) mass is 297 g/mol. The lowest BCUT2D eigenvalue weighted by atomic mass is 10.1. The molecule has 0 spiro atoms. The summed E-state index contributed by atoms with van der Waals surface area (Å²) >= 11 is 11.6. The van der Waals surface area contributed by atoms with E-state index in [-0.39, 0.29) is 21.0 Å². The van der Waals surface area contributed by atoms with Crippen LogP contribution in [-0.2, 0) is 6.18 Å². The summed E-state index contributed by atoms with van der Waals surface area (Å²) in [4.78, 5) is 3.30. The van der Waals surface area contributed by atoms with Gasteiger partial charge in [-0.25, -0.2) is 9.37 Å². The minimum atomic E-state index is -4.70. The van der Waals surface area contributed by atoms with Crippen molar-refractivity contribution >= 4 is 34.1 Å². The zero-order valence-corrected chi connectivity index (χ0v) is 10.4. The first-order valence-electron chi connectivity index (χ1n) is 4.74. The van der Waals surface area contributed by atoms with Gasteiger partial charge >= 0.3 is 6.18 Å². The van der Waals surface area contributed by atoms with Gasteiger partial charge in [0, 0.05) is 5.39 Å². The molecule has 1 nitrogen and oxygen atoms in total. The SMILES string of the molecule is Cc1c(C(F)(F)F)nc2c(F)ccc(Cl)c2c1Cl. The summed E-state index contributed by atoms with van der Waals surface area (Å²) in [5, 5.41) is -0.193. The molecule has 0 saturated carbocycles. The first-order chi connectivity index (χ1) is 8.23. The molecule has 0 atom stereocenters. The van der Waals surface area contributed by atoms with Gasteiger partial charge in [0.25, 0.3) is 0 Å². The number of benzene rings is 1. The van der Waals surface area contributed by atoms with Crippen LogP contribution in [-0.4, -0.2) is 4.98 Å². The highest BCUT2D eigenvalue weighted by molar-refractivity contribution is 6.42. The van der Waals surface area contributed by atoms with Crippen LogP contribution in [0.3, 0.4) is 0 Å². The number of alkyl halides is 3. The van der Waals surface area contributed by atoms with E-state index in [0.717, 1.165) is 6.07 Å². The molecule has 0 aliphatic heterocycles. The van der Waals surface area contributed by atoms with Gasteiger partial charge in [0.05, 0.1) is 10.0 Å². The van der Waals surface area contributed by atoms with Crippen LogP contribution in [0.25, 0.3) is 10.9 Å². The Bertz CT molecular complexity index is 637. The summed E-state index contributed by atoms with van der Waals surface area (Å²) < 4.78 is 51.6. The van der Waals surface area contributed by atoms with E-state index >= 15 is 0 Å². The maximum Gasteiger partial charge on any atom is 0.433 e. The third-order valence-electron chi connectivity index (χ3n) is 2.47. The lowest BCUT2D eigenvalue weighted by Gasteiger charge is -2.13. The summed E-state index contributed by atoms with van der Waals surface area (Å²) in [6.07, 6.45) is -4.70. The van der Waals surface area contributed by atoms with Crippen LogP contribution >= 0.6 is 23.2 Å². The van der Waals surface area contributed by atoms with Gasteiger partial charge in [0.1, 0.15) is 17.0 Å². The lowest BCUT2D eigenvalue weighted by molar-refractivity contribution is -0.141. The minimum absolute atomic E-state index is 0.0103. The van der Waals surface area contributed by atoms with Crippen LogP contribution in [0.4, 0.5) is 17.6 Å². The molecule has 0 N–H and O–H groups in total. The van der Waals surface area contributed by atoms with Crippen molar-refractivity contribution in [2.45, 2.75) is 13.1 Å². The second-order valence-corrected chi connectivity index (χ2v) is 4.44. The van der Waals surface area contributed by atoms with Gasteiger partial charge in [-0.05, 0) is 24.6 Å². The Kier molecular flexibility index (Phi) is 3.15. The van der Waals surface area contributed by atoms with E-state index in [9.17, 15) is 17.6 Å². The van der Waals surface area contributed by atoms with E-state index in [1.54, 1.807) is 0 Å². The van der Waals surface area contributed by atoms with E-state index in [4.69, 9.17) is 23.2 Å². The van der Waals surface area contributed by atoms with Gasteiger partial charge < -0.3 is 0 Å². The summed E-state index contributed by atoms with van der Waals surface area (Å²) in [5.41, 5.74) is -1.96. The molecule has 0 saturated heterocycles. The Morgan fingerprint density at radius 2 is 1.78 bits per heavy atom. The normalized spacial score (nSPS) is 12.2. The summed E-state index contributed by atoms with van der Waals surface area (Å²) in [7, 11) is 0. The Balaban J connectivity index is 2.97. The molecular weight excluding hydrogens is 293 g/mol. The van der Waals surface area contributed by atoms with E-state index in [2.05, 4.69) is 4.98 Å². The zero-order chi connectivity index (χ0) is 13.7. The predicted molar refractivity (Wildman–Crippen MR) is 61.5 cm³/mol. The zero-order valence-electron chi connectivity index (χ0n) is 8.87. The van der Waals surface area contributed by atoms with Crippen molar-refractivity contribution in [3.63, 3.8) is 0 Å². The van der Waals surface area contributed by atoms with Crippen LogP contribution in [0.2, 0.25) is 10.0 Å². The van der Waals surface area contributed by atoms with Crippen LogP contribution in [0.1, 0.15) is 11.3 Å². The van der Waals surface area contributed by atoms with Crippen molar-refractivity contribution in [2.24, 2.45) is 0 Å². The number of nitrogens with zero attached hydrogens (tertiary/aromatic N) is 1. The molecule has 1 aromatic heterocycles. The van der Waals surface area contributed by atoms with Crippen LogP contribution in [0, 0.1) is 12.7 Å². The first kappa shape index (κ1) is 13.4. The van der Waals surface area contributed by atoms with Gasteiger partial charge in [-0.1, -0.05) is 23.2 Å². The van der Waals surface area contributed by atoms with E-state index in [1.807, 2.05) is 0 Å². The maximum absolute atomic E-state index is 13.5. The molecule has 96 valence electrons. The smallest absolute Gasteiger partial charge is 0.240 e. The average molecular weight is 298 g/mol. The Morgan fingerprint density at radius 1 is 1.17 bits per heavy atom. The molecule has 2 rings (SSSR count). The second kappa shape index (κ2) is 4.24. The fourth-order valence-corrected chi connectivity index (χ4v) is 2.20. The van der Waals surface area contributed by atoms with Crippen LogP contribution in [0.5, 0.6) is 0 Å². The van der Waals surface area contributed by atoms with Gasteiger partial charge in [-0.3, -0.25) is 0 Å². The van der Waals surface area contributed by atoms with E-state index in [1.165, 1.54) is 13.0 Å². The van der Waals surface area contributed by atoms with Crippen molar-refractivity contribution in [3.8, 4) is 0 Å². The lowest BCUT2D eigenvalue weighted by Crippen LogP contribution is -2.11. The highest BCUT2D eigenvalue weighted by Crippen LogP contribution is 2.39. The Hall–Kier alpha value is -1.07. The first-order valence-corrected chi connectivity index (χ1v) is 5.50. The van der Waals surface area contributed by atoms with Crippen molar-refractivity contribution < 1.29 is 17.6 Å². The second-order valence-electron chi connectivity index (χ2n) is 3.65. The van der Waals surface area contributed by atoms with Crippen molar-refractivity contribution in [2.75, 3.05) is 0 Å². The predicted octanol–water partition coefficient (Wildman–Crippen LogP) is 5.01. The number of hydrogen-bond acceptors (Lipinski definition) is 1. The van der Waals surface area contributed by atoms with Crippen LogP contribution < -0.4 is 0 Å². The molecule has 2 aromatic rings. The fourth-order valence-electron chi connectivity index (χ4n) is 1.62. The van der Waals surface area contributed by atoms with E-state index in [0.29, 0.717) is 0 Å². The summed E-state index contributed by atoms with van der Waals surface area (Å²) in [6.45, 7) is 1.17. The number of pyridine rings is 1. The Labute approximate surface area is 109 Å². The van der Waals surface area contributed by atoms with Crippen molar-refractivity contribution in [1.29, 1.82) is 0 Å². The molecule has 0 bridgehead atoms.